The van der Waals surface area contributed by atoms with Gasteiger partial charge in [-0.2, -0.15) is 9.78 Å². The van der Waals surface area contributed by atoms with Gasteiger partial charge in [-0.05, 0) is 41.1 Å². The van der Waals surface area contributed by atoms with E-state index in [9.17, 15) is 9.90 Å². The second-order valence-corrected chi connectivity index (χ2v) is 7.23. The predicted octanol–water partition coefficient (Wildman–Crippen LogP) is 4.72. The minimum Gasteiger partial charge on any atom is -0.507 e. The largest absolute Gasteiger partial charge is 0.507 e. The van der Waals surface area contributed by atoms with Crippen molar-refractivity contribution in [3.05, 3.63) is 113 Å². The van der Waals surface area contributed by atoms with E-state index >= 15 is 0 Å². The van der Waals surface area contributed by atoms with Crippen LogP contribution in [0.3, 0.4) is 0 Å². The van der Waals surface area contributed by atoms with Crippen molar-refractivity contribution in [2.45, 2.75) is 6.61 Å². The van der Waals surface area contributed by atoms with E-state index in [0.29, 0.717) is 28.0 Å². The topological polar surface area (TPSA) is 76.7 Å². The molecule has 5 aromatic rings. The lowest BCUT2D eigenvalue weighted by atomic mass is 10.0. The Bertz CT molecular complexity index is 1510. The second kappa shape index (κ2) is 8.35. The summed E-state index contributed by atoms with van der Waals surface area (Å²) in [5, 5.41) is 17.1. The van der Waals surface area contributed by atoms with Crippen molar-refractivity contribution < 1.29 is 9.84 Å². The molecule has 0 radical (unpaired) electrons. The fourth-order valence-electron chi connectivity index (χ4n) is 3.58. The Morgan fingerprint density at radius 1 is 0.875 bits per heavy atom. The van der Waals surface area contributed by atoms with E-state index in [0.717, 1.165) is 10.8 Å². The molecule has 0 spiro atoms. The number of phenols is 1. The highest BCUT2D eigenvalue weighted by Gasteiger charge is 2.12. The van der Waals surface area contributed by atoms with Crippen molar-refractivity contribution in [3.63, 3.8) is 0 Å². The van der Waals surface area contributed by atoms with Gasteiger partial charge >= 0.3 is 0 Å². The maximum Gasteiger partial charge on any atom is 0.282 e. The molecule has 4 aromatic carbocycles. The first-order valence-corrected chi connectivity index (χ1v) is 10.1. The molecule has 6 heteroatoms. The van der Waals surface area contributed by atoms with Crippen molar-refractivity contribution in [1.82, 2.24) is 9.66 Å². The van der Waals surface area contributed by atoms with E-state index in [1.165, 1.54) is 10.9 Å². The molecule has 0 saturated carbocycles. The van der Waals surface area contributed by atoms with E-state index in [4.69, 9.17) is 4.74 Å². The third-order valence-corrected chi connectivity index (χ3v) is 5.18. The molecule has 0 atom stereocenters. The highest BCUT2D eigenvalue weighted by molar-refractivity contribution is 6.02. The van der Waals surface area contributed by atoms with Crippen LogP contribution in [0.4, 0.5) is 0 Å². The summed E-state index contributed by atoms with van der Waals surface area (Å²) in [5.41, 5.74) is 0.792. The Balaban J connectivity index is 1.62. The van der Waals surface area contributed by atoms with Crippen LogP contribution in [0.2, 0.25) is 0 Å². The van der Waals surface area contributed by atoms with Gasteiger partial charge in [-0.1, -0.05) is 60.7 Å². The number of para-hydroxylation sites is 2. The van der Waals surface area contributed by atoms with Gasteiger partial charge in [-0.15, -0.1) is 0 Å². The van der Waals surface area contributed by atoms with Crippen molar-refractivity contribution in [3.8, 4) is 11.5 Å². The van der Waals surface area contributed by atoms with Gasteiger partial charge in [-0.25, -0.2) is 4.98 Å². The lowest BCUT2D eigenvalue weighted by Crippen LogP contribution is -2.23. The normalized spacial score (nSPS) is 11.4. The summed E-state index contributed by atoms with van der Waals surface area (Å²) in [6.45, 7) is 0.0585. The summed E-state index contributed by atoms with van der Waals surface area (Å²) in [6.07, 6.45) is 1.49. The van der Waals surface area contributed by atoms with Crippen LogP contribution in [0.1, 0.15) is 11.4 Å². The number of phenolic OH excluding ortho intramolecular Hbond substituents is 1. The number of hydrogen-bond acceptors (Lipinski definition) is 5. The van der Waals surface area contributed by atoms with Gasteiger partial charge < -0.3 is 9.84 Å². The van der Waals surface area contributed by atoms with Crippen LogP contribution in [0, 0.1) is 0 Å². The maximum atomic E-state index is 13.2. The quantitative estimate of drug-likeness (QED) is 0.417. The van der Waals surface area contributed by atoms with Crippen LogP contribution in [0.25, 0.3) is 21.7 Å². The van der Waals surface area contributed by atoms with Gasteiger partial charge in [0, 0.05) is 5.56 Å². The first kappa shape index (κ1) is 19.5. The zero-order chi connectivity index (χ0) is 21.9. The SMILES string of the molecule is O=c1c2ccccc2nc(COc2ccccc2)n1/N=C\c1c(O)ccc2ccccc12. The van der Waals surface area contributed by atoms with Crippen molar-refractivity contribution in [2.75, 3.05) is 0 Å². The minimum atomic E-state index is -0.307. The predicted molar refractivity (Wildman–Crippen MR) is 125 cm³/mol. The van der Waals surface area contributed by atoms with Gasteiger partial charge in [0.15, 0.2) is 5.82 Å². The lowest BCUT2D eigenvalue weighted by molar-refractivity contribution is 0.289. The molecule has 156 valence electrons. The lowest BCUT2D eigenvalue weighted by Gasteiger charge is -2.11. The summed E-state index contributed by atoms with van der Waals surface area (Å²) in [5.74, 6) is 1.10. The first-order chi connectivity index (χ1) is 15.7. The first-order valence-electron chi connectivity index (χ1n) is 10.1. The minimum absolute atomic E-state index is 0.0585. The molecular formula is C26H19N3O3. The van der Waals surface area contributed by atoms with E-state index < -0.39 is 0 Å². The van der Waals surface area contributed by atoms with E-state index in [2.05, 4.69) is 10.1 Å². The molecule has 0 amide bonds. The van der Waals surface area contributed by atoms with Gasteiger partial charge in [-0.3, -0.25) is 4.79 Å². The standard InChI is InChI=1S/C26H19N3O3/c30-24-15-14-18-8-4-5-11-20(18)22(24)16-27-29-25(17-32-19-9-2-1-3-10-19)28-23-13-7-6-12-21(23)26(29)31/h1-16,30H,17H2/b27-16-. The van der Waals surface area contributed by atoms with Gasteiger partial charge in [0.05, 0.1) is 17.1 Å². The molecular weight excluding hydrogens is 402 g/mol. The Labute approximate surface area is 183 Å². The van der Waals surface area contributed by atoms with Crippen LogP contribution in [-0.4, -0.2) is 21.0 Å². The van der Waals surface area contributed by atoms with Crippen LogP contribution in [0.5, 0.6) is 11.5 Å². The third kappa shape index (κ3) is 3.70. The second-order valence-electron chi connectivity index (χ2n) is 7.23. The Morgan fingerprint density at radius 2 is 1.59 bits per heavy atom. The van der Waals surface area contributed by atoms with Crippen LogP contribution < -0.4 is 10.3 Å². The average molecular weight is 421 g/mol. The summed E-state index contributed by atoms with van der Waals surface area (Å²) in [6, 6.07) is 27.6. The molecule has 1 aromatic heterocycles. The number of fused-ring (bicyclic) bond motifs is 2. The monoisotopic (exact) mass is 421 g/mol. The maximum absolute atomic E-state index is 13.2. The molecule has 5 rings (SSSR count). The van der Waals surface area contributed by atoms with Gasteiger partial charge in [0.25, 0.3) is 5.56 Å². The highest BCUT2D eigenvalue weighted by Crippen LogP contribution is 2.25. The summed E-state index contributed by atoms with van der Waals surface area (Å²) in [7, 11) is 0. The molecule has 0 bridgehead atoms. The summed E-state index contributed by atoms with van der Waals surface area (Å²) < 4.78 is 7.07. The molecule has 0 aliphatic heterocycles. The summed E-state index contributed by atoms with van der Waals surface area (Å²) in [4.78, 5) is 17.8. The zero-order valence-corrected chi connectivity index (χ0v) is 17.1. The molecule has 0 fully saturated rings. The molecule has 0 aliphatic rings. The number of rotatable bonds is 5. The van der Waals surface area contributed by atoms with Gasteiger partial charge in [0.1, 0.15) is 18.1 Å². The van der Waals surface area contributed by atoms with Crippen LogP contribution in [-0.2, 0) is 6.61 Å². The van der Waals surface area contributed by atoms with Gasteiger partial charge in [0.2, 0.25) is 0 Å². The average Bonchev–Trinajstić information content (AvgIpc) is 2.84. The molecule has 32 heavy (non-hydrogen) atoms. The molecule has 0 saturated heterocycles. The van der Waals surface area contributed by atoms with E-state index in [1.54, 1.807) is 24.3 Å². The Hall–Kier alpha value is -4.45. The molecule has 0 unspecified atom stereocenters. The third-order valence-electron chi connectivity index (χ3n) is 5.18. The van der Waals surface area contributed by atoms with E-state index in [1.807, 2.05) is 66.7 Å². The molecule has 0 aliphatic carbocycles. The number of ether oxygens (including phenoxy) is 1. The Kier molecular flexibility index (Phi) is 5.09. The smallest absolute Gasteiger partial charge is 0.282 e. The van der Waals surface area contributed by atoms with Crippen molar-refractivity contribution in [2.24, 2.45) is 5.10 Å². The fraction of sp³-hybridized carbons (Fsp3) is 0.0385. The number of nitrogens with zero attached hydrogens (tertiary/aromatic N) is 3. The van der Waals surface area contributed by atoms with Crippen molar-refractivity contribution >= 4 is 27.9 Å². The number of aromatic hydroxyl groups is 1. The fourth-order valence-corrected chi connectivity index (χ4v) is 3.58. The number of benzene rings is 4. The van der Waals surface area contributed by atoms with Crippen LogP contribution in [0.15, 0.2) is 101 Å². The molecule has 1 heterocycles. The van der Waals surface area contributed by atoms with Crippen LogP contribution >= 0.6 is 0 Å². The number of hydrogen-bond donors (Lipinski definition) is 1. The molecule has 6 nitrogen and oxygen atoms in total. The zero-order valence-electron chi connectivity index (χ0n) is 17.1. The molecule has 1 N–H and O–H groups in total. The van der Waals surface area contributed by atoms with E-state index in [-0.39, 0.29) is 17.9 Å². The Morgan fingerprint density at radius 3 is 2.44 bits per heavy atom. The van der Waals surface area contributed by atoms with Crippen molar-refractivity contribution in [1.29, 1.82) is 0 Å². The summed E-state index contributed by atoms with van der Waals surface area (Å²) >= 11 is 0. The number of aromatic nitrogens is 2. The highest BCUT2D eigenvalue weighted by atomic mass is 16.5.